The van der Waals surface area contributed by atoms with Crippen LogP contribution in [0.2, 0.25) is 0 Å². The van der Waals surface area contributed by atoms with Crippen LogP contribution in [-0.2, 0) is 4.79 Å². The topological polar surface area (TPSA) is 52.6 Å². The van der Waals surface area contributed by atoms with Gasteiger partial charge < -0.3 is 15.3 Å². The van der Waals surface area contributed by atoms with E-state index in [1.165, 1.54) is 57.8 Å². The van der Waals surface area contributed by atoms with Gasteiger partial charge in [0.2, 0.25) is 0 Å². The summed E-state index contributed by atoms with van der Waals surface area (Å²) in [6.07, 6.45) is 13.1. The smallest absolute Gasteiger partial charge is 0.307 e. The van der Waals surface area contributed by atoms with E-state index in [1.807, 2.05) is 0 Å². The molecule has 1 aliphatic heterocycles. The number of aliphatic carboxylic acids is 1. The average Bonchev–Trinajstić information content (AvgIpc) is 3.06. The molecule has 0 amide bonds. The molecule has 4 heteroatoms. The van der Waals surface area contributed by atoms with Crippen molar-refractivity contribution in [2.75, 3.05) is 26.2 Å². The molecule has 0 aromatic heterocycles. The molecule has 2 N–H and O–H groups in total. The second-order valence-corrected chi connectivity index (χ2v) is 8.25. The van der Waals surface area contributed by atoms with E-state index in [9.17, 15) is 9.90 Å². The van der Waals surface area contributed by atoms with Gasteiger partial charge in [-0.2, -0.15) is 0 Å². The normalized spacial score (nSPS) is 31.5. The molecular weight excluding hydrogens is 288 g/mol. The van der Waals surface area contributed by atoms with Gasteiger partial charge in [-0.05, 0) is 50.5 Å². The first-order valence-corrected chi connectivity index (χ1v) is 9.89. The molecule has 0 bridgehead atoms. The van der Waals surface area contributed by atoms with Crippen molar-refractivity contribution >= 4 is 5.97 Å². The van der Waals surface area contributed by atoms with Gasteiger partial charge in [0.05, 0.1) is 5.92 Å². The summed E-state index contributed by atoms with van der Waals surface area (Å²) in [5.74, 6) is 0.832. The maximum atomic E-state index is 11.5. The van der Waals surface area contributed by atoms with Gasteiger partial charge in [0, 0.05) is 25.7 Å². The Morgan fingerprint density at radius 2 is 1.61 bits per heavy atom. The molecule has 23 heavy (non-hydrogen) atoms. The summed E-state index contributed by atoms with van der Waals surface area (Å²) in [6, 6.07) is 0.369. The predicted octanol–water partition coefficient (Wildman–Crippen LogP) is 3.12. The Hall–Kier alpha value is -0.610. The summed E-state index contributed by atoms with van der Waals surface area (Å²) in [5.41, 5.74) is 0. The van der Waals surface area contributed by atoms with Crippen LogP contribution < -0.4 is 5.32 Å². The number of carbonyl (C=O) groups is 1. The minimum Gasteiger partial charge on any atom is -0.481 e. The number of hydrogen-bond acceptors (Lipinski definition) is 3. The summed E-state index contributed by atoms with van der Waals surface area (Å²) in [4.78, 5) is 14.0. The number of piperidine rings is 1. The highest BCUT2D eigenvalue weighted by Crippen LogP contribution is 2.28. The Balaban J connectivity index is 1.49. The van der Waals surface area contributed by atoms with Crippen LogP contribution in [0.3, 0.4) is 0 Å². The van der Waals surface area contributed by atoms with E-state index in [1.54, 1.807) is 0 Å². The molecule has 0 aromatic rings. The largest absolute Gasteiger partial charge is 0.481 e. The third kappa shape index (κ3) is 5.18. The van der Waals surface area contributed by atoms with Crippen LogP contribution in [0.1, 0.15) is 64.2 Å². The molecule has 132 valence electrons. The lowest BCUT2D eigenvalue weighted by Gasteiger charge is -2.38. The van der Waals surface area contributed by atoms with E-state index in [0.717, 1.165) is 44.4 Å². The molecule has 4 nitrogen and oxygen atoms in total. The molecule has 2 atom stereocenters. The van der Waals surface area contributed by atoms with Crippen molar-refractivity contribution in [2.45, 2.75) is 70.3 Å². The number of rotatable bonds is 6. The maximum absolute atomic E-state index is 11.5. The van der Waals surface area contributed by atoms with Crippen molar-refractivity contribution in [3.63, 3.8) is 0 Å². The highest BCUT2D eigenvalue weighted by atomic mass is 16.4. The number of nitrogens with one attached hydrogen (secondary N) is 1. The zero-order valence-corrected chi connectivity index (χ0v) is 14.5. The van der Waals surface area contributed by atoms with Gasteiger partial charge in [0.1, 0.15) is 0 Å². The minimum atomic E-state index is -0.606. The van der Waals surface area contributed by atoms with E-state index in [-0.39, 0.29) is 5.92 Å². The first kappa shape index (κ1) is 17.2. The van der Waals surface area contributed by atoms with Crippen molar-refractivity contribution in [3.05, 3.63) is 0 Å². The molecule has 0 aromatic carbocycles. The zero-order chi connectivity index (χ0) is 16.1. The highest BCUT2D eigenvalue weighted by Gasteiger charge is 2.33. The van der Waals surface area contributed by atoms with Crippen LogP contribution in [0.15, 0.2) is 0 Å². The fourth-order valence-corrected chi connectivity index (χ4v) is 4.95. The fraction of sp³-hybridized carbons (Fsp3) is 0.947. The Labute approximate surface area is 141 Å². The van der Waals surface area contributed by atoms with Gasteiger partial charge in [-0.1, -0.05) is 32.1 Å². The molecule has 1 saturated heterocycles. The first-order chi connectivity index (χ1) is 11.2. The molecule has 1 heterocycles. The maximum Gasteiger partial charge on any atom is 0.307 e. The number of carboxylic acids is 1. The molecule has 3 rings (SSSR count). The summed E-state index contributed by atoms with van der Waals surface area (Å²) in [5, 5.41) is 13.2. The van der Waals surface area contributed by atoms with Crippen LogP contribution in [0, 0.1) is 17.8 Å². The Bertz CT molecular complexity index is 376. The van der Waals surface area contributed by atoms with Crippen LogP contribution in [0.25, 0.3) is 0 Å². The van der Waals surface area contributed by atoms with Crippen LogP contribution >= 0.6 is 0 Å². The fourth-order valence-electron chi connectivity index (χ4n) is 4.95. The summed E-state index contributed by atoms with van der Waals surface area (Å²) < 4.78 is 0. The van der Waals surface area contributed by atoms with Gasteiger partial charge >= 0.3 is 5.97 Å². The third-order valence-corrected chi connectivity index (χ3v) is 6.29. The summed E-state index contributed by atoms with van der Waals surface area (Å²) in [6.45, 7) is 4.01. The van der Waals surface area contributed by atoms with Gasteiger partial charge in [0.25, 0.3) is 0 Å². The first-order valence-electron chi connectivity index (χ1n) is 9.89. The quantitative estimate of drug-likeness (QED) is 0.789. The van der Waals surface area contributed by atoms with Crippen LogP contribution in [0.5, 0.6) is 0 Å². The number of hydrogen-bond donors (Lipinski definition) is 2. The summed E-state index contributed by atoms with van der Waals surface area (Å²) >= 11 is 0. The zero-order valence-electron chi connectivity index (χ0n) is 14.5. The second-order valence-electron chi connectivity index (χ2n) is 8.25. The van der Waals surface area contributed by atoms with Crippen molar-refractivity contribution in [1.29, 1.82) is 0 Å². The van der Waals surface area contributed by atoms with Gasteiger partial charge in [-0.25, -0.2) is 0 Å². The molecule has 2 saturated carbocycles. The van der Waals surface area contributed by atoms with E-state index in [2.05, 4.69) is 10.2 Å². The van der Waals surface area contributed by atoms with Crippen LogP contribution in [-0.4, -0.2) is 48.2 Å². The number of nitrogens with zero attached hydrogens (tertiary/aromatic N) is 1. The SMILES string of the molecule is O=C(O)C1CC(NCC2CCCCC2)CN(CC2CCCC2)C1. The minimum absolute atomic E-state index is 0.186. The lowest BCUT2D eigenvalue weighted by Crippen LogP contribution is -2.52. The molecule has 3 fully saturated rings. The van der Waals surface area contributed by atoms with E-state index < -0.39 is 5.97 Å². The Morgan fingerprint density at radius 3 is 2.30 bits per heavy atom. The molecule has 0 radical (unpaired) electrons. The lowest BCUT2D eigenvalue weighted by atomic mass is 9.88. The van der Waals surface area contributed by atoms with E-state index in [0.29, 0.717) is 6.04 Å². The Morgan fingerprint density at radius 1 is 0.957 bits per heavy atom. The van der Waals surface area contributed by atoms with E-state index in [4.69, 9.17) is 0 Å². The van der Waals surface area contributed by atoms with Crippen molar-refractivity contribution < 1.29 is 9.90 Å². The van der Waals surface area contributed by atoms with Crippen molar-refractivity contribution in [2.24, 2.45) is 17.8 Å². The molecular formula is C19H34N2O2. The number of carboxylic acid groups (broad SMARTS) is 1. The van der Waals surface area contributed by atoms with Crippen molar-refractivity contribution in [1.82, 2.24) is 10.2 Å². The van der Waals surface area contributed by atoms with Gasteiger partial charge in [-0.15, -0.1) is 0 Å². The molecule has 3 aliphatic rings. The summed E-state index contributed by atoms with van der Waals surface area (Å²) in [7, 11) is 0. The molecule has 2 unspecified atom stereocenters. The average molecular weight is 322 g/mol. The molecule has 0 spiro atoms. The number of likely N-dealkylation sites (tertiary alicyclic amines) is 1. The van der Waals surface area contributed by atoms with Gasteiger partial charge in [0.15, 0.2) is 0 Å². The van der Waals surface area contributed by atoms with Crippen LogP contribution in [0.4, 0.5) is 0 Å². The predicted molar refractivity (Wildman–Crippen MR) is 92.5 cm³/mol. The standard InChI is InChI=1S/C19H34N2O2/c22-19(23)17-10-18(20-11-15-6-2-1-3-7-15)14-21(13-17)12-16-8-4-5-9-16/h15-18,20H,1-14H2,(H,22,23). The van der Waals surface area contributed by atoms with Gasteiger partial charge in [-0.3, -0.25) is 4.79 Å². The van der Waals surface area contributed by atoms with Crippen molar-refractivity contribution in [3.8, 4) is 0 Å². The third-order valence-electron chi connectivity index (χ3n) is 6.29. The molecule has 2 aliphatic carbocycles. The Kier molecular flexibility index (Phi) is 6.35. The highest BCUT2D eigenvalue weighted by molar-refractivity contribution is 5.70. The monoisotopic (exact) mass is 322 g/mol. The van der Waals surface area contributed by atoms with E-state index >= 15 is 0 Å². The lowest BCUT2D eigenvalue weighted by molar-refractivity contribution is -0.144. The second kappa shape index (κ2) is 8.48.